The van der Waals surface area contributed by atoms with Crippen LogP contribution in [0.15, 0.2) is 36.4 Å². The van der Waals surface area contributed by atoms with Crippen LogP contribution in [0.25, 0.3) is 11.6 Å². The lowest BCUT2D eigenvalue weighted by Crippen LogP contribution is -1.99. The van der Waals surface area contributed by atoms with Gasteiger partial charge in [-0.25, -0.2) is 0 Å². The van der Waals surface area contributed by atoms with Crippen LogP contribution in [-0.4, -0.2) is 17.3 Å². The topological polar surface area (TPSA) is 49.7 Å². The van der Waals surface area contributed by atoms with Gasteiger partial charge < -0.3 is 14.9 Å². The van der Waals surface area contributed by atoms with E-state index < -0.39 is 0 Å². The molecule has 0 fully saturated rings. The minimum Gasteiger partial charge on any atom is -0.508 e. The molecule has 0 unspecified atom stereocenters. The lowest BCUT2D eigenvalue weighted by atomic mass is 9.88. The maximum absolute atomic E-state index is 9.75. The Bertz CT molecular complexity index is 687. The summed E-state index contributed by atoms with van der Waals surface area (Å²) in [6, 6.07) is 10.7. The summed E-state index contributed by atoms with van der Waals surface area (Å²) in [7, 11) is 1.59. The number of phenolic OH excluding ortho intramolecular Hbond substituents is 2. The Hall–Kier alpha value is -2.42. The maximum atomic E-state index is 9.75. The van der Waals surface area contributed by atoms with Crippen molar-refractivity contribution in [3.05, 3.63) is 53.1 Å². The summed E-state index contributed by atoms with van der Waals surface area (Å²) in [4.78, 5) is 0. The summed E-state index contributed by atoms with van der Waals surface area (Å²) in [6.45, 7) is 4.00. The van der Waals surface area contributed by atoms with Crippen molar-refractivity contribution in [2.75, 3.05) is 7.11 Å². The van der Waals surface area contributed by atoms with Crippen molar-refractivity contribution in [3.8, 4) is 17.2 Å². The Kier molecular flexibility index (Phi) is 5.10. The summed E-state index contributed by atoms with van der Waals surface area (Å²) in [5.74, 6) is 1.16. The average molecular weight is 298 g/mol. The molecule has 2 N–H and O–H groups in total. The zero-order valence-corrected chi connectivity index (χ0v) is 13.3. The van der Waals surface area contributed by atoms with Gasteiger partial charge in [-0.05, 0) is 59.4 Å². The van der Waals surface area contributed by atoms with Gasteiger partial charge in [-0.3, -0.25) is 0 Å². The first-order valence-corrected chi connectivity index (χ1v) is 7.56. The fourth-order valence-corrected chi connectivity index (χ4v) is 2.59. The van der Waals surface area contributed by atoms with Crippen molar-refractivity contribution < 1.29 is 14.9 Å². The van der Waals surface area contributed by atoms with E-state index in [1.54, 1.807) is 25.3 Å². The molecule has 1 aliphatic carbocycles. The van der Waals surface area contributed by atoms with E-state index >= 15 is 0 Å². The maximum Gasteiger partial charge on any atom is 0.123 e. The van der Waals surface area contributed by atoms with Gasteiger partial charge in [0.05, 0.1) is 7.11 Å². The molecule has 0 saturated heterocycles. The van der Waals surface area contributed by atoms with E-state index in [4.69, 9.17) is 4.74 Å². The van der Waals surface area contributed by atoms with Gasteiger partial charge in [-0.1, -0.05) is 26.0 Å². The van der Waals surface area contributed by atoms with Crippen LogP contribution in [0.3, 0.4) is 0 Å². The first-order chi connectivity index (χ1) is 10.7. The van der Waals surface area contributed by atoms with Gasteiger partial charge in [0.15, 0.2) is 0 Å². The first-order valence-electron chi connectivity index (χ1n) is 7.56. The van der Waals surface area contributed by atoms with Gasteiger partial charge in [0, 0.05) is 6.07 Å². The molecule has 0 spiro atoms. The number of hydrogen-bond acceptors (Lipinski definition) is 3. The van der Waals surface area contributed by atoms with Crippen molar-refractivity contribution in [2.45, 2.75) is 26.7 Å². The van der Waals surface area contributed by atoms with E-state index in [0.717, 1.165) is 35.1 Å². The zero-order chi connectivity index (χ0) is 16.1. The second-order valence-electron chi connectivity index (χ2n) is 4.97. The van der Waals surface area contributed by atoms with Crippen molar-refractivity contribution in [2.24, 2.45) is 0 Å². The molecule has 2 aromatic rings. The SMILES string of the molecule is CC.COc1cc(O)cc(C2=Cc3ccc(O)cc3CC2)c1. The Balaban J connectivity index is 0.000000847. The number of fused-ring (bicyclic) bond motifs is 1. The Morgan fingerprint density at radius 3 is 2.41 bits per heavy atom. The van der Waals surface area contributed by atoms with Crippen molar-refractivity contribution in [1.29, 1.82) is 0 Å². The molecule has 0 aromatic heterocycles. The number of methoxy groups -OCH3 is 1. The van der Waals surface area contributed by atoms with E-state index in [2.05, 4.69) is 6.08 Å². The molecule has 2 aromatic carbocycles. The Morgan fingerprint density at radius 1 is 0.909 bits per heavy atom. The molecular formula is C19H22O3. The normalized spacial score (nSPS) is 12.6. The van der Waals surface area contributed by atoms with Crippen LogP contribution in [-0.2, 0) is 6.42 Å². The van der Waals surface area contributed by atoms with Crippen LogP contribution >= 0.6 is 0 Å². The predicted molar refractivity (Wildman–Crippen MR) is 90.3 cm³/mol. The number of ether oxygens (including phenoxy) is 1. The zero-order valence-electron chi connectivity index (χ0n) is 13.3. The van der Waals surface area contributed by atoms with Crippen LogP contribution in [0.5, 0.6) is 17.2 Å². The van der Waals surface area contributed by atoms with Gasteiger partial charge >= 0.3 is 0 Å². The highest BCUT2D eigenvalue weighted by Gasteiger charge is 2.13. The molecule has 0 saturated carbocycles. The Labute approximate surface area is 131 Å². The molecule has 0 amide bonds. The second kappa shape index (κ2) is 7.03. The fraction of sp³-hybridized carbons (Fsp3) is 0.263. The fourth-order valence-electron chi connectivity index (χ4n) is 2.59. The number of phenols is 2. The molecule has 0 bridgehead atoms. The molecule has 1 aliphatic rings. The Morgan fingerprint density at radius 2 is 1.68 bits per heavy atom. The summed E-state index contributed by atoms with van der Waals surface area (Å²) < 4.78 is 5.19. The van der Waals surface area contributed by atoms with E-state index in [1.807, 2.05) is 32.0 Å². The van der Waals surface area contributed by atoms with Crippen molar-refractivity contribution in [1.82, 2.24) is 0 Å². The van der Waals surface area contributed by atoms with Gasteiger partial charge in [0.2, 0.25) is 0 Å². The number of allylic oxidation sites excluding steroid dienone is 1. The minimum absolute atomic E-state index is 0.205. The van der Waals surface area contributed by atoms with Gasteiger partial charge in [0.25, 0.3) is 0 Å². The van der Waals surface area contributed by atoms with E-state index in [9.17, 15) is 10.2 Å². The van der Waals surface area contributed by atoms with Crippen LogP contribution in [0, 0.1) is 0 Å². The average Bonchev–Trinajstić information content (AvgIpc) is 2.55. The summed E-state index contributed by atoms with van der Waals surface area (Å²) >= 11 is 0. The largest absolute Gasteiger partial charge is 0.508 e. The highest BCUT2D eigenvalue weighted by molar-refractivity contribution is 5.85. The first kappa shape index (κ1) is 16.0. The second-order valence-corrected chi connectivity index (χ2v) is 4.97. The third-order valence-corrected chi connectivity index (χ3v) is 3.62. The highest BCUT2D eigenvalue weighted by Crippen LogP contribution is 2.34. The quantitative estimate of drug-likeness (QED) is 0.850. The number of hydrogen-bond donors (Lipinski definition) is 2. The number of rotatable bonds is 2. The van der Waals surface area contributed by atoms with Crippen LogP contribution in [0.1, 0.15) is 37.0 Å². The summed E-state index contributed by atoms with van der Waals surface area (Å²) in [5.41, 5.74) is 4.41. The standard InChI is InChI=1S/C17H16O3.C2H6/c1-20-17-9-14(8-16(19)10-17)12-2-3-13-7-15(18)5-4-11(13)6-12;1-2/h4-10,18-19H,2-3H2,1H3;1-2H3. The molecule has 0 atom stereocenters. The lowest BCUT2D eigenvalue weighted by molar-refractivity contribution is 0.407. The van der Waals surface area contributed by atoms with Crippen LogP contribution in [0.4, 0.5) is 0 Å². The monoisotopic (exact) mass is 298 g/mol. The molecule has 3 heteroatoms. The number of aryl methyl sites for hydroxylation is 1. The molecule has 22 heavy (non-hydrogen) atoms. The molecule has 3 rings (SSSR count). The van der Waals surface area contributed by atoms with Gasteiger partial charge in [-0.2, -0.15) is 0 Å². The van der Waals surface area contributed by atoms with Crippen molar-refractivity contribution in [3.63, 3.8) is 0 Å². The van der Waals surface area contributed by atoms with E-state index in [0.29, 0.717) is 11.5 Å². The van der Waals surface area contributed by atoms with Gasteiger partial charge in [-0.15, -0.1) is 0 Å². The van der Waals surface area contributed by atoms with E-state index in [1.165, 1.54) is 0 Å². The van der Waals surface area contributed by atoms with Crippen LogP contribution in [0.2, 0.25) is 0 Å². The smallest absolute Gasteiger partial charge is 0.123 e. The molecule has 0 radical (unpaired) electrons. The number of aromatic hydroxyl groups is 2. The minimum atomic E-state index is 0.205. The molecule has 0 heterocycles. The number of benzene rings is 2. The molecule has 116 valence electrons. The highest BCUT2D eigenvalue weighted by atomic mass is 16.5. The van der Waals surface area contributed by atoms with Gasteiger partial charge in [0.1, 0.15) is 17.2 Å². The summed E-state index contributed by atoms with van der Waals surface area (Å²) in [6.07, 6.45) is 3.86. The molecular weight excluding hydrogens is 276 g/mol. The van der Waals surface area contributed by atoms with Crippen molar-refractivity contribution >= 4 is 11.6 Å². The van der Waals surface area contributed by atoms with Crippen LogP contribution < -0.4 is 4.74 Å². The van der Waals surface area contributed by atoms with E-state index in [-0.39, 0.29) is 5.75 Å². The third-order valence-electron chi connectivity index (χ3n) is 3.62. The summed E-state index contributed by atoms with van der Waals surface area (Å²) in [5, 5.41) is 19.3. The lowest BCUT2D eigenvalue weighted by Gasteiger charge is -2.17. The molecule has 0 aliphatic heterocycles. The third kappa shape index (κ3) is 3.42. The predicted octanol–water partition coefficient (Wildman–Crippen LogP) is 4.62. The molecule has 3 nitrogen and oxygen atoms in total.